The van der Waals surface area contributed by atoms with Gasteiger partial charge in [-0.1, -0.05) is 36.4 Å². The quantitative estimate of drug-likeness (QED) is 0.802. The molecule has 0 aromatic heterocycles. The molecule has 102 valence electrons. The third-order valence-electron chi connectivity index (χ3n) is 4.92. The van der Waals surface area contributed by atoms with Crippen LogP contribution in [0, 0.1) is 0 Å². The van der Waals surface area contributed by atoms with Gasteiger partial charge in [-0.2, -0.15) is 0 Å². The highest BCUT2D eigenvalue weighted by molar-refractivity contribution is 5.42. The molecule has 2 aliphatic rings. The van der Waals surface area contributed by atoms with Crippen molar-refractivity contribution in [3.63, 3.8) is 0 Å². The summed E-state index contributed by atoms with van der Waals surface area (Å²) in [5.41, 5.74) is 6.19. The van der Waals surface area contributed by atoms with E-state index in [2.05, 4.69) is 48.5 Å². The Morgan fingerprint density at radius 3 is 1.60 bits per heavy atom. The van der Waals surface area contributed by atoms with Crippen LogP contribution in [0.15, 0.2) is 48.5 Å². The monoisotopic (exact) mass is 266 g/mol. The molecule has 2 aromatic rings. The normalized spacial score (nSPS) is 23.6. The minimum absolute atomic E-state index is 1.25. The fourth-order valence-corrected chi connectivity index (χ4v) is 3.83. The molecule has 0 bridgehead atoms. The largest absolute Gasteiger partial charge is 0.297 e. The molecule has 0 spiro atoms. The lowest BCUT2D eigenvalue weighted by molar-refractivity contribution is -0.888. The van der Waals surface area contributed by atoms with E-state index in [0.717, 1.165) is 0 Å². The van der Waals surface area contributed by atoms with Crippen LogP contribution in [-0.2, 0) is 12.8 Å². The van der Waals surface area contributed by atoms with Crippen molar-refractivity contribution in [3.05, 3.63) is 59.7 Å². The average molecular weight is 266 g/mol. The van der Waals surface area contributed by atoms with Crippen LogP contribution in [0.5, 0.6) is 0 Å². The summed E-state index contributed by atoms with van der Waals surface area (Å²) in [6, 6.07) is 17.9. The molecule has 20 heavy (non-hydrogen) atoms. The van der Waals surface area contributed by atoms with Gasteiger partial charge in [0, 0.05) is 24.0 Å². The van der Waals surface area contributed by atoms with Crippen molar-refractivity contribution in [1.29, 1.82) is 0 Å². The Hall–Kier alpha value is -1.64. The number of rotatable bonds is 3. The first-order chi connectivity index (χ1) is 9.92. The first-order valence-corrected chi connectivity index (χ1v) is 7.78. The minimum atomic E-state index is 1.25. The Kier molecular flexibility index (Phi) is 3.06. The van der Waals surface area contributed by atoms with Crippen LogP contribution in [0.1, 0.15) is 11.1 Å². The van der Waals surface area contributed by atoms with Crippen LogP contribution in [0.2, 0.25) is 0 Å². The molecular formula is C18H22N2+2. The predicted molar refractivity (Wildman–Crippen MR) is 81.0 cm³/mol. The lowest BCUT2D eigenvalue weighted by atomic mass is 10.2. The van der Waals surface area contributed by atoms with Gasteiger partial charge in [0.15, 0.2) is 0 Å². The van der Waals surface area contributed by atoms with Gasteiger partial charge in [0.2, 0.25) is 0 Å². The molecule has 2 atom stereocenters. The second-order valence-electron chi connectivity index (χ2n) is 6.02. The average Bonchev–Trinajstić information content (AvgIpc) is 3.09. The zero-order chi connectivity index (χ0) is 13.4. The van der Waals surface area contributed by atoms with Gasteiger partial charge in [0.25, 0.3) is 0 Å². The molecule has 2 heterocycles. The van der Waals surface area contributed by atoms with E-state index in [-0.39, 0.29) is 0 Å². The maximum absolute atomic E-state index is 2.31. The van der Waals surface area contributed by atoms with E-state index in [1.807, 2.05) is 0 Å². The minimum Gasteiger partial charge on any atom is -0.297 e. The number of para-hydroxylation sites is 2. The molecule has 2 nitrogen and oxygen atoms in total. The molecule has 0 radical (unpaired) electrons. The topological polar surface area (TPSA) is 8.88 Å². The highest BCUT2D eigenvalue weighted by Crippen LogP contribution is 2.16. The number of fused-ring (bicyclic) bond motifs is 2. The Morgan fingerprint density at radius 2 is 1.10 bits per heavy atom. The van der Waals surface area contributed by atoms with Crippen molar-refractivity contribution in [3.8, 4) is 0 Å². The van der Waals surface area contributed by atoms with E-state index in [0.29, 0.717) is 0 Å². The maximum Gasteiger partial charge on any atom is 0.134 e. The van der Waals surface area contributed by atoms with E-state index in [4.69, 9.17) is 0 Å². The van der Waals surface area contributed by atoms with Crippen LogP contribution < -0.4 is 9.80 Å². The molecule has 0 saturated heterocycles. The van der Waals surface area contributed by atoms with Crippen molar-refractivity contribution in [2.45, 2.75) is 12.8 Å². The molecule has 0 amide bonds. The van der Waals surface area contributed by atoms with Crippen LogP contribution in [0.25, 0.3) is 0 Å². The lowest BCUT2D eigenvalue weighted by Crippen LogP contribution is -3.15. The first kappa shape index (κ1) is 12.1. The molecule has 0 saturated carbocycles. The van der Waals surface area contributed by atoms with Gasteiger partial charge >= 0.3 is 0 Å². The summed E-state index contributed by atoms with van der Waals surface area (Å²) < 4.78 is 0. The molecule has 4 rings (SSSR count). The Labute approximate surface area is 120 Å². The third-order valence-corrected chi connectivity index (χ3v) is 4.92. The number of hydrogen-bond donors (Lipinski definition) is 2. The van der Waals surface area contributed by atoms with E-state index >= 15 is 0 Å². The summed E-state index contributed by atoms with van der Waals surface area (Å²) in [5.74, 6) is 0. The highest BCUT2D eigenvalue weighted by atomic mass is 15.2. The second kappa shape index (κ2) is 5.04. The van der Waals surface area contributed by atoms with Crippen LogP contribution in [0.3, 0.4) is 0 Å². The molecule has 0 fully saturated rings. The molecule has 2 aromatic carbocycles. The van der Waals surface area contributed by atoms with Gasteiger partial charge in [-0.05, 0) is 12.1 Å². The Morgan fingerprint density at radius 1 is 0.650 bits per heavy atom. The molecule has 2 heteroatoms. The third kappa shape index (κ3) is 2.05. The van der Waals surface area contributed by atoms with E-state index < -0.39 is 0 Å². The second-order valence-corrected chi connectivity index (χ2v) is 6.02. The number of hydrogen-bond acceptors (Lipinski definition) is 0. The smallest absolute Gasteiger partial charge is 0.134 e. The zero-order valence-corrected chi connectivity index (χ0v) is 11.9. The first-order valence-electron chi connectivity index (χ1n) is 7.78. The van der Waals surface area contributed by atoms with Crippen molar-refractivity contribution in [2.75, 3.05) is 26.2 Å². The van der Waals surface area contributed by atoms with E-state index in [1.54, 1.807) is 32.3 Å². The van der Waals surface area contributed by atoms with Crippen molar-refractivity contribution in [1.82, 2.24) is 0 Å². The van der Waals surface area contributed by atoms with Crippen molar-refractivity contribution < 1.29 is 9.80 Å². The van der Waals surface area contributed by atoms with Crippen LogP contribution in [-0.4, -0.2) is 26.2 Å². The predicted octanol–water partition coefficient (Wildman–Crippen LogP) is 0.532. The number of nitrogens with one attached hydrogen (secondary N) is 2. The molecule has 2 unspecified atom stereocenters. The van der Waals surface area contributed by atoms with E-state index in [9.17, 15) is 0 Å². The summed E-state index contributed by atoms with van der Waals surface area (Å²) in [6.07, 6.45) is 2.49. The van der Waals surface area contributed by atoms with Gasteiger partial charge in [-0.15, -0.1) is 0 Å². The van der Waals surface area contributed by atoms with Crippen molar-refractivity contribution >= 4 is 11.4 Å². The Balaban J connectivity index is 1.45. The summed E-state index contributed by atoms with van der Waals surface area (Å²) in [6.45, 7) is 5.05. The summed E-state index contributed by atoms with van der Waals surface area (Å²) in [7, 11) is 0. The SMILES string of the molecule is c1ccc2c(c1)CC[NH+]2CC[NH+]1CCc2ccccc21. The standard InChI is InChI=1S/C18H20N2/c1-3-7-17-15(5-1)9-11-19(17)13-14-20-12-10-16-6-2-4-8-18(16)20/h1-8H,9-14H2/p+2. The maximum atomic E-state index is 2.31. The molecule has 2 N–H and O–H groups in total. The fourth-order valence-electron chi connectivity index (χ4n) is 3.83. The number of quaternary nitrogens is 2. The summed E-state index contributed by atoms with van der Waals surface area (Å²) in [4.78, 5) is 3.36. The zero-order valence-electron chi connectivity index (χ0n) is 11.9. The van der Waals surface area contributed by atoms with Gasteiger partial charge in [-0.25, -0.2) is 0 Å². The van der Waals surface area contributed by atoms with Gasteiger partial charge in [-0.3, -0.25) is 9.80 Å². The summed E-state index contributed by atoms with van der Waals surface area (Å²) in [5, 5.41) is 0. The van der Waals surface area contributed by atoms with Crippen LogP contribution in [0.4, 0.5) is 11.4 Å². The fraction of sp³-hybridized carbons (Fsp3) is 0.333. The van der Waals surface area contributed by atoms with Crippen LogP contribution >= 0.6 is 0 Å². The highest BCUT2D eigenvalue weighted by Gasteiger charge is 2.28. The lowest BCUT2D eigenvalue weighted by Gasteiger charge is -2.17. The van der Waals surface area contributed by atoms with Crippen molar-refractivity contribution in [2.24, 2.45) is 0 Å². The summed E-state index contributed by atoms with van der Waals surface area (Å²) >= 11 is 0. The number of benzene rings is 2. The van der Waals surface area contributed by atoms with Gasteiger partial charge in [0.1, 0.15) is 24.5 Å². The van der Waals surface area contributed by atoms with Gasteiger partial charge in [0.05, 0.1) is 13.1 Å². The molecule has 2 aliphatic heterocycles. The molecular weight excluding hydrogens is 244 g/mol. The Bertz CT molecular complexity index is 565. The molecule has 0 aliphatic carbocycles. The van der Waals surface area contributed by atoms with Gasteiger partial charge < -0.3 is 0 Å². The van der Waals surface area contributed by atoms with E-state index in [1.165, 1.54) is 39.0 Å².